The number of hydrogen-bond acceptors (Lipinski definition) is 6. The molecule has 192 valence electrons. The molecule has 0 aliphatic carbocycles. The Labute approximate surface area is 209 Å². The summed E-state index contributed by atoms with van der Waals surface area (Å²) in [4.78, 5) is 28.7. The van der Waals surface area contributed by atoms with Gasteiger partial charge in [-0.2, -0.15) is 0 Å². The number of sulfonamides is 1. The maximum atomic E-state index is 14.5. The van der Waals surface area contributed by atoms with E-state index in [1.165, 1.54) is 42.3 Å². The fraction of sp³-hybridized carbons (Fsp3) is 0.320. The zero-order valence-electron chi connectivity index (χ0n) is 20.7. The van der Waals surface area contributed by atoms with E-state index in [2.05, 4.69) is 15.0 Å². The lowest BCUT2D eigenvalue weighted by Gasteiger charge is -2.19. The van der Waals surface area contributed by atoms with Crippen LogP contribution in [0.4, 0.5) is 10.1 Å². The van der Waals surface area contributed by atoms with Crippen LogP contribution in [-0.2, 0) is 14.8 Å². The number of pyridine rings is 2. The molecule has 0 aliphatic rings. The van der Waals surface area contributed by atoms with Gasteiger partial charge >= 0.3 is 0 Å². The van der Waals surface area contributed by atoms with Crippen molar-refractivity contribution in [2.75, 3.05) is 19.0 Å². The molecule has 2 heterocycles. The van der Waals surface area contributed by atoms with Crippen molar-refractivity contribution >= 4 is 21.6 Å². The fourth-order valence-electron chi connectivity index (χ4n) is 3.61. The number of carbonyl (C=O) groups is 1. The second kappa shape index (κ2) is 11.0. The van der Waals surface area contributed by atoms with E-state index >= 15 is 0 Å². The maximum Gasteiger partial charge on any atom is 0.250 e. The lowest BCUT2D eigenvalue weighted by atomic mass is 9.94. The summed E-state index contributed by atoms with van der Waals surface area (Å²) in [5.41, 5.74) is 1.53. The van der Waals surface area contributed by atoms with E-state index in [-0.39, 0.29) is 22.4 Å². The molecule has 1 amide bonds. The lowest BCUT2D eigenvalue weighted by Crippen LogP contribution is -2.34. The number of aromatic nitrogens is 2. The van der Waals surface area contributed by atoms with Crippen LogP contribution in [0.25, 0.3) is 11.1 Å². The van der Waals surface area contributed by atoms with Gasteiger partial charge in [0.05, 0.1) is 24.2 Å². The summed E-state index contributed by atoms with van der Waals surface area (Å²) in [6.07, 6.45) is 2.74. The van der Waals surface area contributed by atoms with Gasteiger partial charge in [0.25, 0.3) is 5.56 Å². The third-order valence-corrected chi connectivity index (χ3v) is 6.86. The summed E-state index contributed by atoms with van der Waals surface area (Å²) in [5.74, 6) is -0.960. The van der Waals surface area contributed by atoms with Crippen LogP contribution in [0.3, 0.4) is 0 Å². The molecular formula is C25H29FN4O5S. The quantitative estimate of drug-likeness (QED) is 0.448. The number of methoxy groups -OCH3 is 1. The van der Waals surface area contributed by atoms with Gasteiger partial charge in [0.2, 0.25) is 21.8 Å². The first-order valence-corrected chi connectivity index (χ1v) is 12.8. The van der Waals surface area contributed by atoms with Crippen LogP contribution >= 0.6 is 0 Å². The topological polar surface area (TPSA) is 119 Å². The van der Waals surface area contributed by atoms with Gasteiger partial charge < -0.3 is 14.6 Å². The van der Waals surface area contributed by atoms with Crippen LogP contribution in [0.5, 0.6) is 5.88 Å². The average molecular weight is 517 g/mol. The number of anilines is 1. The van der Waals surface area contributed by atoms with Crippen LogP contribution in [0.15, 0.2) is 58.5 Å². The second-order valence-corrected chi connectivity index (χ2v) is 10.5. The molecule has 11 heteroatoms. The highest BCUT2D eigenvalue weighted by atomic mass is 32.2. The molecule has 0 radical (unpaired) electrons. The summed E-state index contributed by atoms with van der Waals surface area (Å²) in [5, 5.41) is 2.74. The third kappa shape index (κ3) is 6.16. The van der Waals surface area contributed by atoms with Crippen molar-refractivity contribution in [1.29, 1.82) is 0 Å². The molecule has 0 saturated carbocycles. The minimum Gasteiger partial charge on any atom is -0.481 e. The lowest BCUT2D eigenvalue weighted by molar-refractivity contribution is -0.115. The Morgan fingerprint density at radius 3 is 2.50 bits per heavy atom. The number of benzene rings is 1. The van der Waals surface area contributed by atoms with Crippen molar-refractivity contribution in [2.45, 2.75) is 44.6 Å². The largest absolute Gasteiger partial charge is 0.481 e. The standard InChI is InChI=1S/C25H29FN4O5S/c1-15(2)20-11-18(26)12-21(17-8-9-27-23(10-17)35-5)25(20)29-22(31)13-28-36(33,34)19-6-7-24(32)30(14-19)16(3)4/h6-12,14-16,28H,13H2,1-5H3,(H,29,31). The Morgan fingerprint density at radius 2 is 1.86 bits per heavy atom. The normalized spacial score (nSPS) is 11.7. The van der Waals surface area contributed by atoms with E-state index < -0.39 is 28.3 Å². The van der Waals surface area contributed by atoms with Gasteiger partial charge in [0, 0.05) is 36.1 Å². The second-order valence-electron chi connectivity index (χ2n) is 8.74. The van der Waals surface area contributed by atoms with E-state index in [0.717, 1.165) is 6.07 Å². The first-order valence-electron chi connectivity index (χ1n) is 11.3. The molecule has 9 nitrogen and oxygen atoms in total. The van der Waals surface area contributed by atoms with Gasteiger partial charge in [-0.05, 0) is 55.2 Å². The molecule has 0 fully saturated rings. The predicted octanol–water partition coefficient (Wildman–Crippen LogP) is 3.68. The molecule has 0 unspecified atom stereocenters. The molecule has 2 aromatic heterocycles. The van der Waals surface area contributed by atoms with Gasteiger partial charge in [0.15, 0.2) is 0 Å². The first-order chi connectivity index (χ1) is 16.9. The van der Waals surface area contributed by atoms with Crippen molar-refractivity contribution < 1.29 is 22.3 Å². The maximum absolute atomic E-state index is 14.5. The predicted molar refractivity (Wildman–Crippen MR) is 135 cm³/mol. The summed E-state index contributed by atoms with van der Waals surface area (Å²) in [6, 6.07) is 8.00. The van der Waals surface area contributed by atoms with E-state index in [4.69, 9.17) is 4.74 Å². The van der Waals surface area contributed by atoms with Crippen molar-refractivity contribution in [1.82, 2.24) is 14.3 Å². The number of nitrogens with zero attached hydrogens (tertiary/aromatic N) is 2. The number of hydrogen-bond donors (Lipinski definition) is 2. The number of nitrogens with one attached hydrogen (secondary N) is 2. The number of amides is 1. The molecule has 2 N–H and O–H groups in total. The van der Waals surface area contributed by atoms with Gasteiger partial charge in [-0.15, -0.1) is 0 Å². The molecule has 0 saturated heterocycles. The minimum absolute atomic E-state index is 0.141. The van der Waals surface area contributed by atoms with Crippen molar-refractivity contribution in [3.63, 3.8) is 0 Å². The van der Waals surface area contributed by atoms with Crippen molar-refractivity contribution in [2.24, 2.45) is 0 Å². The van der Waals surface area contributed by atoms with Gasteiger partial charge in [-0.3, -0.25) is 9.59 Å². The first kappa shape index (κ1) is 27.0. The van der Waals surface area contributed by atoms with E-state index in [0.29, 0.717) is 28.3 Å². The fourth-order valence-corrected chi connectivity index (χ4v) is 4.60. The molecule has 3 aromatic rings. The molecule has 3 rings (SSSR count). The van der Waals surface area contributed by atoms with Gasteiger partial charge in [0.1, 0.15) is 5.82 Å². The SMILES string of the molecule is COc1cc(-c2cc(F)cc(C(C)C)c2NC(=O)CNS(=O)(=O)c2ccc(=O)n(C(C)C)c2)ccn1. The van der Waals surface area contributed by atoms with Crippen LogP contribution in [0, 0.1) is 5.82 Å². The minimum atomic E-state index is -4.08. The summed E-state index contributed by atoms with van der Waals surface area (Å²) in [7, 11) is -2.62. The number of ether oxygens (including phenoxy) is 1. The zero-order chi connectivity index (χ0) is 26.6. The Balaban J connectivity index is 1.90. The molecule has 0 aliphatic heterocycles. The monoisotopic (exact) mass is 516 g/mol. The summed E-state index contributed by atoms with van der Waals surface area (Å²) < 4.78 is 48.8. The molecule has 0 bridgehead atoms. The van der Waals surface area contributed by atoms with Crippen LogP contribution in [0.1, 0.15) is 45.2 Å². The number of rotatable bonds is 9. The highest BCUT2D eigenvalue weighted by Gasteiger charge is 2.21. The summed E-state index contributed by atoms with van der Waals surface area (Å²) in [6.45, 7) is 6.64. The van der Waals surface area contributed by atoms with Crippen LogP contribution in [0.2, 0.25) is 0 Å². The molecule has 36 heavy (non-hydrogen) atoms. The highest BCUT2D eigenvalue weighted by molar-refractivity contribution is 7.89. The highest BCUT2D eigenvalue weighted by Crippen LogP contribution is 2.36. The Hall–Kier alpha value is -3.57. The average Bonchev–Trinajstić information content (AvgIpc) is 2.83. The molecule has 1 aromatic carbocycles. The van der Waals surface area contributed by atoms with Crippen LogP contribution < -0.4 is 20.3 Å². The van der Waals surface area contributed by atoms with E-state index in [1.54, 1.807) is 26.0 Å². The van der Waals surface area contributed by atoms with E-state index in [1.807, 2.05) is 13.8 Å². The van der Waals surface area contributed by atoms with Crippen molar-refractivity contribution in [3.8, 4) is 17.0 Å². The smallest absolute Gasteiger partial charge is 0.250 e. The Morgan fingerprint density at radius 1 is 1.14 bits per heavy atom. The molecule has 0 spiro atoms. The third-order valence-electron chi connectivity index (χ3n) is 5.48. The van der Waals surface area contributed by atoms with Gasteiger partial charge in [-0.25, -0.2) is 22.5 Å². The van der Waals surface area contributed by atoms with Gasteiger partial charge in [-0.1, -0.05) is 13.8 Å². The Bertz CT molecular complexity index is 1430. The number of carbonyl (C=O) groups excluding carboxylic acids is 1. The molecule has 0 atom stereocenters. The van der Waals surface area contributed by atoms with Crippen molar-refractivity contribution in [3.05, 3.63) is 70.5 Å². The Kier molecular flexibility index (Phi) is 8.26. The van der Waals surface area contributed by atoms with Crippen LogP contribution in [-0.4, -0.2) is 37.5 Å². The molecular weight excluding hydrogens is 487 g/mol. The van der Waals surface area contributed by atoms with E-state index in [9.17, 15) is 22.4 Å². The summed E-state index contributed by atoms with van der Waals surface area (Å²) >= 11 is 0. The number of halogens is 1. The zero-order valence-corrected chi connectivity index (χ0v) is 21.5.